The lowest BCUT2D eigenvalue weighted by molar-refractivity contribution is 1.06. The Morgan fingerprint density at radius 2 is 2.67 bits per heavy atom. The molecule has 1 aromatic heterocycles. The molecular weight excluding hydrogens is 114 g/mol. The van der Waals surface area contributed by atoms with Gasteiger partial charge in [-0.05, 0) is 13.1 Å². The Bertz CT molecular complexity index is 202. The van der Waals surface area contributed by atoms with E-state index in [4.69, 9.17) is 0 Å². The first-order valence-corrected chi connectivity index (χ1v) is 2.87. The van der Waals surface area contributed by atoms with Crippen LogP contribution in [0.5, 0.6) is 0 Å². The van der Waals surface area contributed by atoms with E-state index in [0.29, 0.717) is 0 Å². The molecule has 0 saturated heterocycles. The summed E-state index contributed by atoms with van der Waals surface area (Å²) >= 11 is 0. The number of aryl methyl sites for hydroxylation is 1. The van der Waals surface area contributed by atoms with E-state index in [-0.39, 0.29) is 0 Å². The largest absolute Gasteiger partial charge is 0.330 e. The zero-order valence-corrected chi connectivity index (χ0v) is 5.39. The van der Waals surface area contributed by atoms with Gasteiger partial charge >= 0.3 is 0 Å². The maximum atomic E-state index is 4.02. The molecule has 3 nitrogen and oxygen atoms in total. The van der Waals surface area contributed by atoms with Gasteiger partial charge in [-0.1, -0.05) is 6.92 Å². The number of aromatic nitrogens is 2. The molecule has 0 fully saturated rings. The molecule has 48 valence electrons. The number of H-pyrrole nitrogens is 1. The summed E-state index contributed by atoms with van der Waals surface area (Å²) in [5.74, 6) is 0.789. The Morgan fingerprint density at radius 3 is 3.11 bits per heavy atom. The van der Waals surface area contributed by atoms with Gasteiger partial charge in [0.2, 0.25) is 0 Å². The van der Waals surface area contributed by atoms with Crippen LogP contribution in [-0.4, -0.2) is 16.7 Å². The summed E-state index contributed by atoms with van der Waals surface area (Å²) in [6, 6.07) is 0. The second-order valence-corrected chi connectivity index (χ2v) is 1.71. The zero-order chi connectivity index (χ0) is 6.69. The normalized spacial score (nSPS) is 9.44. The molecule has 0 spiro atoms. The van der Waals surface area contributed by atoms with E-state index in [0.717, 1.165) is 17.9 Å². The third kappa shape index (κ3) is 0.988. The number of aliphatic imine (C=N–C) groups is 1. The van der Waals surface area contributed by atoms with Crippen molar-refractivity contribution >= 4 is 12.5 Å². The van der Waals surface area contributed by atoms with Crippen LogP contribution in [-0.2, 0) is 6.42 Å². The fourth-order valence-corrected chi connectivity index (χ4v) is 0.711. The van der Waals surface area contributed by atoms with Gasteiger partial charge in [-0.2, -0.15) is 0 Å². The second-order valence-electron chi connectivity index (χ2n) is 1.71. The molecule has 1 aromatic rings. The van der Waals surface area contributed by atoms with Crippen molar-refractivity contribution in [2.45, 2.75) is 13.3 Å². The Labute approximate surface area is 53.9 Å². The van der Waals surface area contributed by atoms with Crippen molar-refractivity contribution < 1.29 is 0 Å². The number of aromatic amines is 1. The van der Waals surface area contributed by atoms with Gasteiger partial charge < -0.3 is 4.98 Å². The van der Waals surface area contributed by atoms with Crippen LogP contribution >= 0.6 is 0 Å². The highest BCUT2D eigenvalue weighted by molar-refractivity contribution is 5.42. The van der Waals surface area contributed by atoms with Crippen molar-refractivity contribution in [3.8, 4) is 0 Å². The lowest BCUT2D eigenvalue weighted by atomic mass is 10.3. The predicted molar refractivity (Wildman–Crippen MR) is 37.2 cm³/mol. The number of hydrogen-bond donors (Lipinski definition) is 1. The highest BCUT2D eigenvalue weighted by Crippen LogP contribution is 2.11. The molecule has 1 heterocycles. The SMILES string of the molecule is C=Nc1[nH]cnc1CC. The summed E-state index contributed by atoms with van der Waals surface area (Å²) in [5, 5.41) is 0. The maximum absolute atomic E-state index is 4.02. The van der Waals surface area contributed by atoms with Crippen molar-refractivity contribution in [2.75, 3.05) is 0 Å². The van der Waals surface area contributed by atoms with Gasteiger partial charge in [0.15, 0.2) is 5.82 Å². The monoisotopic (exact) mass is 123 g/mol. The average Bonchev–Trinajstić information content (AvgIpc) is 2.33. The van der Waals surface area contributed by atoms with E-state index in [9.17, 15) is 0 Å². The predicted octanol–water partition coefficient (Wildman–Crippen LogP) is 1.30. The molecule has 3 heteroatoms. The van der Waals surface area contributed by atoms with Crippen LogP contribution in [0.1, 0.15) is 12.6 Å². The highest BCUT2D eigenvalue weighted by atomic mass is 15.0. The van der Waals surface area contributed by atoms with E-state index >= 15 is 0 Å². The quantitative estimate of drug-likeness (QED) is 0.592. The minimum atomic E-state index is 0.789. The van der Waals surface area contributed by atoms with Gasteiger partial charge in [-0.25, -0.2) is 9.98 Å². The van der Waals surface area contributed by atoms with Gasteiger partial charge in [0.1, 0.15) is 0 Å². The van der Waals surface area contributed by atoms with Crippen molar-refractivity contribution in [2.24, 2.45) is 4.99 Å². The number of imidazole rings is 1. The molecular formula is C6H9N3. The molecule has 1 rings (SSSR count). The zero-order valence-electron chi connectivity index (χ0n) is 5.39. The van der Waals surface area contributed by atoms with E-state index in [1.165, 1.54) is 0 Å². The molecule has 0 atom stereocenters. The summed E-state index contributed by atoms with van der Waals surface area (Å²) in [7, 11) is 0. The summed E-state index contributed by atoms with van der Waals surface area (Å²) in [4.78, 5) is 10.6. The first-order chi connectivity index (χ1) is 4.38. The summed E-state index contributed by atoms with van der Waals surface area (Å²) < 4.78 is 0. The van der Waals surface area contributed by atoms with Crippen molar-refractivity contribution in [1.82, 2.24) is 9.97 Å². The summed E-state index contributed by atoms with van der Waals surface area (Å²) in [5.41, 5.74) is 0.977. The van der Waals surface area contributed by atoms with E-state index in [2.05, 4.69) is 21.7 Å². The van der Waals surface area contributed by atoms with E-state index in [1.807, 2.05) is 6.92 Å². The fraction of sp³-hybridized carbons (Fsp3) is 0.333. The lowest BCUT2D eigenvalue weighted by Crippen LogP contribution is -1.77. The van der Waals surface area contributed by atoms with E-state index < -0.39 is 0 Å². The Kier molecular flexibility index (Phi) is 1.63. The highest BCUT2D eigenvalue weighted by Gasteiger charge is 1.97. The molecule has 0 unspecified atom stereocenters. The Hall–Kier alpha value is -1.12. The average molecular weight is 123 g/mol. The van der Waals surface area contributed by atoms with Crippen LogP contribution in [0.4, 0.5) is 5.82 Å². The van der Waals surface area contributed by atoms with Crippen molar-refractivity contribution in [1.29, 1.82) is 0 Å². The molecule has 0 saturated carbocycles. The van der Waals surface area contributed by atoms with Gasteiger partial charge in [0, 0.05) is 0 Å². The molecule has 0 bridgehead atoms. The molecule has 0 aliphatic rings. The third-order valence-electron chi connectivity index (χ3n) is 1.19. The van der Waals surface area contributed by atoms with Gasteiger partial charge in [0.25, 0.3) is 0 Å². The molecule has 0 aromatic carbocycles. The molecule has 0 aliphatic carbocycles. The minimum Gasteiger partial charge on any atom is -0.330 e. The first kappa shape index (κ1) is 6.01. The van der Waals surface area contributed by atoms with Crippen LogP contribution in [0.25, 0.3) is 0 Å². The van der Waals surface area contributed by atoms with E-state index in [1.54, 1.807) is 6.33 Å². The van der Waals surface area contributed by atoms with Crippen LogP contribution in [0, 0.1) is 0 Å². The number of nitrogens with zero attached hydrogens (tertiary/aromatic N) is 2. The Morgan fingerprint density at radius 1 is 1.89 bits per heavy atom. The van der Waals surface area contributed by atoms with Crippen molar-refractivity contribution in [3.05, 3.63) is 12.0 Å². The van der Waals surface area contributed by atoms with Gasteiger partial charge in [-0.15, -0.1) is 0 Å². The van der Waals surface area contributed by atoms with Crippen LogP contribution in [0.15, 0.2) is 11.3 Å². The van der Waals surface area contributed by atoms with Crippen LogP contribution < -0.4 is 0 Å². The van der Waals surface area contributed by atoms with Gasteiger partial charge in [-0.3, -0.25) is 0 Å². The molecule has 1 N–H and O–H groups in total. The smallest absolute Gasteiger partial charge is 0.152 e. The second kappa shape index (κ2) is 2.44. The number of hydrogen-bond acceptors (Lipinski definition) is 2. The first-order valence-electron chi connectivity index (χ1n) is 2.87. The molecule has 0 aliphatic heterocycles. The Balaban J connectivity index is 2.98. The van der Waals surface area contributed by atoms with Crippen LogP contribution in [0.3, 0.4) is 0 Å². The summed E-state index contributed by atoms with van der Waals surface area (Å²) in [6.07, 6.45) is 2.53. The maximum Gasteiger partial charge on any atom is 0.152 e. The summed E-state index contributed by atoms with van der Waals surface area (Å²) in [6.45, 7) is 5.42. The number of rotatable bonds is 2. The minimum absolute atomic E-state index is 0.789. The van der Waals surface area contributed by atoms with Gasteiger partial charge in [0.05, 0.1) is 12.0 Å². The van der Waals surface area contributed by atoms with Crippen LogP contribution in [0.2, 0.25) is 0 Å². The third-order valence-corrected chi connectivity index (χ3v) is 1.19. The number of nitrogens with one attached hydrogen (secondary N) is 1. The fourth-order valence-electron chi connectivity index (χ4n) is 0.711. The molecule has 0 radical (unpaired) electrons. The molecule has 0 amide bonds. The molecule has 9 heavy (non-hydrogen) atoms. The van der Waals surface area contributed by atoms with Crippen molar-refractivity contribution in [3.63, 3.8) is 0 Å². The topological polar surface area (TPSA) is 41.0 Å². The standard InChI is InChI=1S/C6H9N3/c1-3-5-6(7-2)9-4-8-5/h4H,2-3H2,1H3,(H,8,9). The lowest BCUT2D eigenvalue weighted by Gasteiger charge is -1.87.